The van der Waals surface area contributed by atoms with E-state index in [-0.39, 0.29) is 0 Å². The molecule has 0 bridgehead atoms. The second-order valence-corrected chi connectivity index (χ2v) is 3.38. The molecule has 0 fully saturated rings. The fourth-order valence-corrected chi connectivity index (χ4v) is 1.36. The number of nitrogens with two attached hydrogens (primary N) is 1. The van der Waals surface area contributed by atoms with Crippen LogP contribution in [0.4, 0.5) is 8.78 Å². The van der Waals surface area contributed by atoms with Crippen molar-refractivity contribution in [1.82, 2.24) is 0 Å². The van der Waals surface area contributed by atoms with Crippen molar-refractivity contribution in [3.8, 4) is 0 Å². The standard InChI is InChI=1S/C8H8BrF2N/c9-6-1-5(8(12)4-10)2-7(11)3-6/h1-3,8H,4,12H2. The van der Waals surface area contributed by atoms with Crippen LogP contribution in [0.5, 0.6) is 0 Å². The van der Waals surface area contributed by atoms with Crippen LogP contribution in [0.3, 0.4) is 0 Å². The summed E-state index contributed by atoms with van der Waals surface area (Å²) in [6.45, 7) is -0.685. The van der Waals surface area contributed by atoms with E-state index in [0.717, 1.165) is 0 Å². The van der Waals surface area contributed by atoms with Crippen LogP contribution in [0.1, 0.15) is 11.6 Å². The van der Waals surface area contributed by atoms with Gasteiger partial charge in [0.25, 0.3) is 0 Å². The van der Waals surface area contributed by atoms with Gasteiger partial charge >= 0.3 is 0 Å². The Morgan fingerprint density at radius 3 is 2.58 bits per heavy atom. The minimum Gasteiger partial charge on any atom is -0.322 e. The number of alkyl halides is 1. The summed E-state index contributed by atoms with van der Waals surface area (Å²) in [6, 6.07) is 3.40. The Hall–Kier alpha value is -0.480. The molecule has 0 amide bonds. The highest BCUT2D eigenvalue weighted by molar-refractivity contribution is 9.10. The predicted molar refractivity (Wildman–Crippen MR) is 47.0 cm³/mol. The van der Waals surface area contributed by atoms with Crippen LogP contribution < -0.4 is 5.73 Å². The first kappa shape index (κ1) is 9.61. The third kappa shape index (κ3) is 2.25. The summed E-state index contributed by atoms with van der Waals surface area (Å²) in [5, 5.41) is 0. The van der Waals surface area contributed by atoms with E-state index in [0.29, 0.717) is 10.0 Å². The molecule has 1 nitrogen and oxygen atoms in total. The molecule has 66 valence electrons. The largest absolute Gasteiger partial charge is 0.322 e. The van der Waals surface area contributed by atoms with E-state index in [1.165, 1.54) is 12.1 Å². The van der Waals surface area contributed by atoms with Gasteiger partial charge < -0.3 is 5.73 Å². The summed E-state index contributed by atoms with van der Waals surface area (Å²) in [6.07, 6.45) is 0. The first-order valence-electron chi connectivity index (χ1n) is 3.41. The molecule has 1 rings (SSSR count). The van der Waals surface area contributed by atoms with Crippen molar-refractivity contribution in [2.75, 3.05) is 6.67 Å². The lowest BCUT2D eigenvalue weighted by Crippen LogP contribution is -2.12. The molecule has 1 unspecified atom stereocenters. The van der Waals surface area contributed by atoms with Gasteiger partial charge in [0, 0.05) is 4.47 Å². The summed E-state index contributed by atoms with van der Waals surface area (Å²) in [5.41, 5.74) is 5.83. The number of rotatable bonds is 2. The Balaban J connectivity index is 3.00. The van der Waals surface area contributed by atoms with Crippen molar-refractivity contribution in [2.45, 2.75) is 6.04 Å². The van der Waals surface area contributed by atoms with Crippen molar-refractivity contribution in [3.63, 3.8) is 0 Å². The average Bonchev–Trinajstić information content (AvgIpc) is 2.01. The summed E-state index contributed by atoms with van der Waals surface area (Å²) in [5.74, 6) is -0.414. The summed E-state index contributed by atoms with van der Waals surface area (Å²) in [7, 11) is 0. The van der Waals surface area contributed by atoms with Crippen molar-refractivity contribution in [3.05, 3.63) is 34.1 Å². The van der Waals surface area contributed by atoms with Gasteiger partial charge in [0.2, 0.25) is 0 Å². The summed E-state index contributed by atoms with van der Waals surface area (Å²) >= 11 is 3.09. The molecule has 4 heteroatoms. The highest BCUT2D eigenvalue weighted by Gasteiger charge is 2.07. The number of hydrogen-bond acceptors (Lipinski definition) is 1. The Labute approximate surface area is 77.7 Å². The molecule has 0 aliphatic heterocycles. The zero-order chi connectivity index (χ0) is 9.14. The highest BCUT2D eigenvalue weighted by atomic mass is 79.9. The summed E-state index contributed by atoms with van der Waals surface area (Å²) in [4.78, 5) is 0. The lowest BCUT2D eigenvalue weighted by molar-refractivity contribution is 0.436. The molecule has 0 aliphatic carbocycles. The molecule has 12 heavy (non-hydrogen) atoms. The van der Waals surface area contributed by atoms with Crippen LogP contribution in [-0.4, -0.2) is 6.67 Å². The average molecular weight is 236 g/mol. The van der Waals surface area contributed by atoms with Gasteiger partial charge in [0.15, 0.2) is 0 Å². The lowest BCUT2D eigenvalue weighted by Gasteiger charge is -2.07. The molecule has 0 heterocycles. The Kier molecular flexibility index (Phi) is 3.17. The van der Waals surface area contributed by atoms with Gasteiger partial charge in [0.05, 0.1) is 6.04 Å². The Morgan fingerprint density at radius 1 is 1.42 bits per heavy atom. The summed E-state index contributed by atoms with van der Waals surface area (Å²) < 4.78 is 25.4. The van der Waals surface area contributed by atoms with Gasteiger partial charge in [0.1, 0.15) is 12.5 Å². The second-order valence-electron chi connectivity index (χ2n) is 2.46. The van der Waals surface area contributed by atoms with E-state index in [9.17, 15) is 8.78 Å². The van der Waals surface area contributed by atoms with E-state index in [1.807, 2.05) is 0 Å². The van der Waals surface area contributed by atoms with Crippen LogP contribution >= 0.6 is 15.9 Å². The van der Waals surface area contributed by atoms with Crippen LogP contribution in [0.2, 0.25) is 0 Å². The van der Waals surface area contributed by atoms with E-state index in [2.05, 4.69) is 15.9 Å². The second kappa shape index (κ2) is 3.96. The smallest absolute Gasteiger partial charge is 0.124 e. The normalized spacial score (nSPS) is 13.0. The molecule has 0 saturated carbocycles. The molecular formula is C8H8BrF2N. The molecule has 2 N–H and O–H groups in total. The van der Waals surface area contributed by atoms with Crippen molar-refractivity contribution in [1.29, 1.82) is 0 Å². The molecule has 0 spiro atoms. The third-order valence-corrected chi connectivity index (χ3v) is 1.94. The van der Waals surface area contributed by atoms with Crippen molar-refractivity contribution < 1.29 is 8.78 Å². The molecule has 1 aromatic rings. The minimum atomic E-state index is -0.739. The van der Waals surface area contributed by atoms with Crippen LogP contribution in [0, 0.1) is 5.82 Å². The molecule has 1 atom stereocenters. The van der Waals surface area contributed by atoms with E-state index >= 15 is 0 Å². The third-order valence-electron chi connectivity index (χ3n) is 1.48. The van der Waals surface area contributed by atoms with Crippen molar-refractivity contribution in [2.24, 2.45) is 5.73 Å². The van der Waals surface area contributed by atoms with Crippen LogP contribution in [0.15, 0.2) is 22.7 Å². The Morgan fingerprint density at radius 2 is 2.08 bits per heavy atom. The number of halogens is 3. The van der Waals surface area contributed by atoms with Gasteiger partial charge in [-0.2, -0.15) is 0 Å². The van der Waals surface area contributed by atoms with Gasteiger partial charge in [-0.25, -0.2) is 8.78 Å². The highest BCUT2D eigenvalue weighted by Crippen LogP contribution is 2.19. The zero-order valence-corrected chi connectivity index (χ0v) is 7.81. The number of hydrogen-bond donors (Lipinski definition) is 1. The zero-order valence-electron chi connectivity index (χ0n) is 6.23. The molecule has 0 radical (unpaired) electrons. The van der Waals surface area contributed by atoms with Gasteiger partial charge in [-0.3, -0.25) is 0 Å². The molecule has 0 aromatic heterocycles. The SMILES string of the molecule is NC(CF)c1cc(F)cc(Br)c1. The van der Waals surface area contributed by atoms with E-state index < -0.39 is 18.5 Å². The van der Waals surface area contributed by atoms with E-state index in [4.69, 9.17) is 5.73 Å². The topological polar surface area (TPSA) is 26.0 Å². The molecule has 1 aromatic carbocycles. The maximum absolute atomic E-state index is 12.7. The molecule has 0 aliphatic rings. The van der Waals surface area contributed by atoms with E-state index in [1.54, 1.807) is 6.07 Å². The van der Waals surface area contributed by atoms with Crippen LogP contribution in [0.25, 0.3) is 0 Å². The maximum Gasteiger partial charge on any atom is 0.124 e. The Bertz CT molecular complexity index is 258. The fourth-order valence-electron chi connectivity index (χ4n) is 0.878. The number of benzene rings is 1. The van der Waals surface area contributed by atoms with Crippen molar-refractivity contribution >= 4 is 15.9 Å². The fraction of sp³-hybridized carbons (Fsp3) is 0.250. The first-order chi connectivity index (χ1) is 5.63. The molecular weight excluding hydrogens is 228 g/mol. The van der Waals surface area contributed by atoms with Gasteiger partial charge in [-0.15, -0.1) is 0 Å². The minimum absolute atomic E-state index is 0.414. The monoisotopic (exact) mass is 235 g/mol. The quantitative estimate of drug-likeness (QED) is 0.838. The molecule has 0 saturated heterocycles. The lowest BCUT2D eigenvalue weighted by atomic mass is 10.1. The maximum atomic E-state index is 12.7. The van der Waals surface area contributed by atoms with Gasteiger partial charge in [-0.1, -0.05) is 15.9 Å². The predicted octanol–water partition coefficient (Wildman–Crippen LogP) is 2.56. The first-order valence-corrected chi connectivity index (χ1v) is 4.20. The van der Waals surface area contributed by atoms with Gasteiger partial charge in [-0.05, 0) is 23.8 Å². The van der Waals surface area contributed by atoms with Crippen LogP contribution in [-0.2, 0) is 0 Å².